The number of aryl methyl sites for hydroxylation is 1. The fraction of sp³-hybridized carbons (Fsp3) is 0.292. The number of fused-ring (bicyclic) bond motifs is 2. The lowest BCUT2D eigenvalue weighted by atomic mass is 10.0. The van der Waals surface area contributed by atoms with Crippen molar-refractivity contribution in [2.75, 3.05) is 32.9 Å². The molecule has 2 aromatic carbocycles. The smallest absolute Gasteiger partial charge is 0.336 e. The first kappa shape index (κ1) is 21.2. The third kappa shape index (κ3) is 4.20. The highest BCUT2D eigenvalue weighted by atomic mass is 16.6. The number of hydrogen-bond donors (Lipinski definition) is 1. The first-order chi connectivity index (χ1) is 16.0. The number of nitro groups is 1. The molecule has 2 aliphatic rings. The Kier molecular flexibility index (Phi) is 5.57. The minimum absolute atomic E-state index is 0.0421. The summed E-state index contributed by atoms with van der Waals surface area (Å²) in [6.45, 7) is 4.89. The van der Waals surface area contributed by atoms with Crippen molar-refractivity contribution in [2.24, 2.45) is 0 Å². The molecule has 1 atom stereocenters. The average Bonchev–Trinajstić information content (AvgIpc) is 3.16. The van der Waals surface area contributed by atoms with E-state index in [0.717, 1.165) is 29.6 Å². The van der Waals surface area contributed by atoms with Gasteiger partial charge in [-0.05, 0) is 36.8 Å². The molecule has 0 spiro atoms. The zero-order valence-electron chi connectivity index (χ0n) is 18.0. The second kappa shape index (κ2) is 8.68. The fourth-order valence-corrected chi connectivity index (χ4v) is 4.43. The van der Waals surface area contributed by atoms with E-state index in [2.05, 4.69) is 0 Å². The van der Waals surface area contributed by atoms with Crippen molar-refractivity contribution in [3.05, 3.63) is 86.0 Å². The number of rotatable bonds is 5. The van der Waals surface area contributed by atoms with Gasteiger partial charge in [0.2, 0.25) is 0 Å². The summed E-state index contributed by atoms with van der Waals surface area (Å²) in [6.07, 6.45) is 1.86. The molecule has 1 fully saturated rings. The molecule has 5 rings (SSSR count). The van der Waals surface area contributed by atoms with Crippen LogP contribution in [0.5, 0.6) is 11.5 Å². The monoisotopic (exact) mass is 451 g/mol. The predicted octanol–water partition coefficient (Wildman–Crippen LogP) is 2.32. The maximum absolute atomic E-state index is 11.7. The number of morpholine rings is 1. The van der Waals surface area contributed by atoms with Gasteiger partial charge in [0.05, 0.1) is 23.7 Å². The highest BCUT2D eigenvalue weighted by Crippen LogP contribution is 2.39. The van der Waals surface area contributed by atoms with Gasteiger partial charge in [0.15, 0.2) is 11.8 Å². The summed E-state index contributed by atoms with van der Waals surface area (Å²) in [5.74, 6) is 1.89. The van der Waals surface area contributed by atoms with E-state index in [-0.39, 0.29) is 18.3 Å². The minimum atomic E-state index is -0.401. The van der Waals surface area contributed by atoms with E-state index in [0.29, 0.717) is 36.1 Å². The van der Waals surface area contributed by atoms with Crippen molar-refractivity contribution in [3.8, 4) is 11.5 Å². The Bertz CT molecular complexity index is 1310. The molecule has 1 N–H and O–H groups in total. The van der Waals surface area contributed by atoms with E-state index in [4.69, 9.17) is 18.6 Å². The van der Waals surface area contributed by atoms with Gasteiger partial charge in [0.1, 0.15) is 36.8 Å². The zero-order valence-corrected chi connectivity index (χ0v) is 18.0. The van der Waals surface area contributed by atoms with Gasteiger partial charge in [0.25, 0.3) is 5.69 Å². The maximum Gasteiger partial charge on any atom is 0.336 e. The summed E-state index contributed by atoms with van der Waals surface area (Å²) in [5.41, 5.74) is 1.76. The zero-order chi connectivity index (χ0) is 22.9. The molecule has 3 heterocycles. The number of benzene rings is 2. The average molecular weight is 451 g/mol. The fourth-order valence-electron chi connectivity index (χ4n) is 4.43. The Morgan fingerprint density at radius 3 is 2.79 bits per heavy atom. The van der Waals surface area contributed by atoms with E-state index in [1.807, 2.05) is 25.1 Å². The van der Waals surface area contributed by atoms with Crippen molar-refractivity contribution < 1.29 is 28.5 Å². The number of ether oxygens (including phenoxy) is 3. The number of nitro benzene ring substituents is 1. The van der Waals surface area contributed by atoms with Gasteiger partial charge in [-0.3, -0.25) is 10.1 Å². The summed E-state index contributed by atoms with van der Waals surface area (Å²) >= 11 is 0. The van der Waals surface area contributed by atoms with Gasteiger partial charge < -0.3 is 23.5 Å². The second-order valence-electron chi connectivity index (χ2n) is 8.11. The molecular formula is C24H23N2O7+. The van der Waals surface area contributed by atoms with Gasteiger partial charge in [-0.15, -0.1) is 0 Å². The Morgan fingerprint density at radius 1 is 1.18 bits per heavy atom. The van der Waals surface area contributed by atoms with Crippen LogP contribution < -0.4 is 20.0 Å². The van der Waals surface area contributed by atoms with Crippen LogP contribution in [0.2, 0.25) is 0 Å². The molecule has 0 aliphatic carbocycles. The largest absolute Gasteiger partial charge is 0.489 e. The summed E-state index contributed by atoms with van der Waals surface area (Å²) in [7, 11) is 0. The maximum atomic E-state index is 11.7. The predicted molar refractivity (Wildman–Crippen MR) is 119 cm³/mol. The third-order valence-corrected chi connectivity index (χ3v) is 6.03. The van der Waals surface area contributed by atoms with Crippen molar-refractivity contribution in [3.63, 3.8) is 0 Å². The number of non-ortho nitro benzene ring substituents is 1. The Hall–Kier alpha value is -3.69. The van der Waals surface area contributed by atoms with Gasteiger partial charge in [-0.25, -0.2) is 4.79 Å². The van der Waals surface area contributed by atoms with Gasteiger partial charge >= 0.3 is 5.63 Å². The highest BCUT2D eigenvalue weighted by molar-refractivity contribution is 5.81. The van der Waals surface area contributed by atoms with E-state index in [1.165, 1.54) is 17.0 Å². The van der Waals surface area contributed by atoms with Crippen LogP contribution in [-0.4, -0.2) is 37.8 Å². The van der Waals surface area contributed by atoms with Crippen LogP contribution >= 0.6 is 0 Å². The molecule has 9 heteroatoms. The molecule has 0 bridgehead atoms. The molecule has 0 radical (unpaired) electrons. The molecule has 3 aromatic rings. The first-order valence-corrected chi connectivity index (χ1v) is 10.8. The van der Waals surface area contributed by atoms with E-state index < -0.39 is 10.5 Å². The molecule has 0 saturated carbocycles. The third-order valence-electron chi connectivity index (χ3n) is 6.03. The second-order valence-corrected chi connectivity index (χ2v) is 8.11. The molecule has 1 aromatic heterocycles. The summed E-state index contributed by atoms with van der Waals surface area (Å²) < 4.78 is 22.8. The van der Waals surface area contributed by atoms with Gasteiger partial charge in [0, 0.05) is 29.7 Å². The highest BCUT2D eigenvalue weighted by Gasteiger charge is 2.39. The molecule has 9 nitrogen and oxygen atoms in total. The van der Waals surface area contributed by atoms with Gasteiger partial charge in [-0.1, -0.05) is 0 Å². The van der Waals surface area contributed by atoms with Crippen molar-refractivity contribution in [1.29, 1.82) is 0 Å². The van der Waals surface area contributed by atoms with Crippen LogP contribution in [0.15, 0.2) is 63.5 Å². The molecule has 0 amide bonds. The molecular weight excluding hydrogens is 428 g/mol. The quantitative estimate of drug-likeness (QED) is 0.361. The van der Waals surface area contributed by atoms with Crippen molar-refractivity contribution in [2.45, 2.75) is 13.0 Å². The summed E-state index contributed by atoms with van der Waals surface area (Å²) in [4.78, 5) is 23.8. The molecule has 2 aliphatic heterocycles. The van der Waals surface area contributed by atoms with Crippen LogP contribution in [-0.2, 0) is 4.74 Å². The van der Waals surface area contributed by atoms with E-state index in [9.17, 15) is 14.9 Å². The number of nitrogens with zero attached hydrogens (tertiary/aromatic N) is 1. The Morgan fingerprint density at radius 2 is 2.00 bits per heavy atom. The Balaban J connectivity index is 1.40. The van der Waals surface area contributed by atoms with Crippen LogP contribution in [0, 0.1) is 17.0 Å². The molecule has 0 unspecified atom stereocenters. The first-order valence-electron chi connectivity index (χ1n) is 10.8. The molecule has 170 valence electrons. The summed E-state index contributed by atoms with van der Waals surface area (Å²) in [6, 6.07) is 11.4. The van der Waals surface area contributed by atoms with Crippen LogP contribution in [0.25, 0.3) is 11.0 Å². The lowest BCUT2D eigenvalue weighted by Crippen LogP contribution is -3.14. The van der Waals surface area contributed by atoms with Crippen molar-refractivity contribution in [1.82, 2.24) is 0 Å². The topological polar surface area (TPSA) is 105 Å². The van der Waals surface area contributed by atoms with Gasteiger partial charge in [-0.2, -0.15) is 0 Å². The van der Waals surface area contributed by atoms with E-state index in [1.54, 1.807) is 18.2 Å². The number of nitrogens with one attached hydrogen (secondary N) is 1. The van der Waals surface area contributed by atoms with Crippen LogP contribution in [0.3, 0.4) is 0 Å². The van der Waals surface area contributed by atoms with Crippen LogP contribution in [0.1, 0.15) is 17.2 Å². The van der Waals surface area contributed by atoms with Crippen LogP contribution in [0.4, 0.5) is 5.69 Å². The molecule has 33 heavy (non-hydrogen) atoms. The number of hydrogen-bond acceptors (Lipinski definition) is 7. The normalized spacial score (nSPS) is 19.4. The lowest BCUT2D eigenvalue weighted by Gasteiger charge is -2.29. The minimum Gasteiger partial charge on any atom is -0.489 e. The standard InChI is InChI=1S/C24H22N2O7/c1-15-12-23(27)33-22-14-17(3-4-18(15)22)31-9-6-21-24(25-7-10-30-11-8-25)19-13-16(26(28)29)2-5-20(19)32-21/h2-6,12-14,24H,7-11H2,1H3/p+1/b21-6-/t24-/m1/s1. The molecule has 1 saturated heterocycles. The Labute approximate surface area is 188 Å². The van der Waals surface area contributed by atoms with Crippen molar-refractivity contribution >= 4 is 16.7 Å². The summed E-state index contributed by atoms with van der Waals surface area (Å²) in [5, 5.41) is 12.2. The SMILES string of the molecule is Cc1cc(=O)oc2cc(OC/C=C3\Oc4ccc([N+](=O)[O-])cc4[C@H]3[NH+]3CCOCC3)ccc12. The van der Waals surface area contributed by atoms with E-state index >= 15 is 0 Å². The lowest BCUT2D eigenvalue weighted by molar-refractivity contribution is -0.933. The number of quaternary nitrogens is 1.